The first kappa shape index (κ1) is 16.9. The molecule has 0 radical (unpaired) electrons. The summed E-state index contributed by atoms with van der Waals surface area (Å²) in [6.45, 7) is 6.67. The Hall–Kier alpha value is -2.95. The lowest BCUT2D eigenvalue weighted by atomic mass is 9.79. The number of benzene rings is 2. The van der Waals surface area contributed by atoms with Crippen LogP contribution in [0.4, 0.5) is 0 Å². The lowest BCUT2D eigenvalue weighted by molar-refractivity contribution is 0.0526. The molecular formula is C20H18O5. The van der Waals surface area contributed by atoms with E-state index in [-0.39, 0.29) is 40.2 Å². The molecule has 2 aromatic rings. The van der Waals surface area contributed by atoms with Crippen LogP contribution in [0.15, 0.2) is 29.3 Å². The van der Waals surface area contributed by atoms with Crippen molar-refractivity contribution in [1.29, 1.82) is 0 Å². The molecule has 5 nitrogen and oxygen atoms in total. The molecule has 0 saturated carbocycles. The molecule has 25 heavy (non-hydrogen) atoms. The summed E-state index contributed by atoms with van der Waals surface area (Å²) >= 11 is 0. The second-order valence-electron chi connectivity index (χ2n) is 6.10. The third-order valence-corrected chi connectivity index (χ3v) is 4.69. The van der Waals surface area contributed by atoms with Gasteiger partial charge in [-0.15, -0.1) is 0 Å². The van der Waals surface area contributed by atoms with Gasteiger partial charge in [0.25, 0.3) is 0 Å². The number of aromatic hydroxyl groups is 1. The number of esters is 1. The van der Waals surface area contributed by atoms with E-state index in [4.69, 9.17) is 4.74 Å². The number of allylic oxidation sites excluding steroid dienone is 2. The van der Waals surface area contributed by atoms with Crippen molar-refractivity contribution in [2.24, 2.45) is 0 Å². The Kier molecular flexibility index (Phi) is 3.95. The van der Waals surface area contributed by atoms with Crippen LogP contribution in [0.1, 0.15) is 57.4 Å². The molecule has 1 N–H and O–H groups in total. The molecule has 0 spiro atoms. The van der Waals surface area contributed by atoms with E-state index >= 15 is 0 Å². The van der Waals surface area contributed by atoms with Crippen molar-refractivity contribution in [3.8, 4) is 5.75 Å². The zero-order valence-corrected chi connectivity index (χ0v) is 14.5. The highest BCUT2D eigenvalue weighted by molar-refractivity contribution is 6.33. The first-order valence-corrected chi connectivity index (χ1v) is 8.03. The number of hydrogen-bond donors (Lipinski definition) is 1. The van der Waals surface area contributed by atoms with Crippen molar-refractivity contribution in [2.45, 2.75) is 27.7 Å². The molecular weight excluding hydrogens is 320 g/mol. The van der Waals surface area contributed by atoms with E-state index in [1.807, 2.05) is 0 Å². The lowest BCUT2D eigenvalue weighted by Crippen LogP contribution is -2.24. The molecule has 0 aromatic heterocycles. The topological polar surface area (TPSA) is 80.7 Å². The Morgan fingerprint density at radius 2 is 1.64 bits per heavy atom. The van der Waals surface area contributed by atoms with Crippen LogP contribution in [0.3, 0.4) is 0 Å². The smallest absolute Gasteiger partial charge is 0.339 e. The van der Waals surface area contributed by atoms with Crippen molar-refractivity contribution >= 4 is 28.3 Å². The van der Waals surface area contributed by atoms with Crippen molar-refractivity contribution in [3.05, 3.63) is 51.6 Å². The normalized spacial score (nSPS) is 14.1. The maximum atomic E-state index is 12.9. The van der Waals surface area contributed by atoms with Crippen LogP contribution in [-0.2, 0) is 4.74 Å². The standard InChI is InChI=1S/C20H18O5/c1-5-25-20(24)14-12-8-6-7-9(2)13(12)19(23)16-15(14)17(21)10(3)11(4)18(16)22/h6-8,23H,5H2,1-4H3. The molecule has 0 aliphatic heterocycles. The summed E-state index contributed by atoms with van der Waals surface area (Å²) in [5, 5.41) is 11.5. The SMILES string of the molecule is CCOC(=O)c1c2c(c(O)c3c(C)cccc13)C(=O)C(C)=C(C)C2=O. The molecule has 0 fully saturated rings. The zero-order chi connectivity index (χ0) is 18.5. The van der Waals surface area contributed by atoms with E-state index in [1.54, 1.807) is 45.9 Å². The van der Waals surface area contributed by atoms with E-state index in [9.17, 15) is 19.5 Å². The van der Waals surface area contributed by atoms with Crippen molar-refractivity contribution in [1.82, 2.24) is 0 Å². The van der Waals surface area contributed by atoms with Gasteiger partial charge in [0.05, 0.1) is 23.3 Å². The fourth-order valence-electron chi connectivity index (χ4n) is 3.27. The minimum absolute atomic E-state index is 0.0403. The van der Waals surface area contributed by atoms with Gasteiger partial charge in [-0.05, 0) is 33.3 Å². The molecule has 1 aliphatic carbocycles. The number of carbonyl (C=O) groups excluding carboxylic acids is 3. The predicted molar refractivity (Wildman–Crippen MR) is 93.3 cm³/mol. The fourth-order valence-corrected chi connectivity index (χ4v) is 3.27. The minimum atomic E-state index is -0.678. The Morgan fingerprint density at radius 1 is 1.04 bits per heavy atom. The second-order valence-corrected chi connectivity index (χ2v) is 6.10. The van der Waals surface area contributed by atoms with Crippen molar-refractivity contribution in [2.75, 3.05) is 6.61 Å². The molecule has 2 aromatic carbocycles. The predicted octanol–water partition coefficient (Wildman–Crippen LogP) is 3.75. The Labute approximate surface area is 144 Å². The lowest BCUT2D eigenvalue weighted by Gasteiger charge is -2.23. The van der Waals surface area contributed by atoms with Gasteiger partial charge in [0.1, 0.15) is 5.75 Å². The molecule has 1 aliphatic rings. The number of carbonyl (C=O) groups is 3. The van der Waals surface area contributed by atoms with Crippen LogP contribution in [0.2, 0.25) is 0 Å². The van der Waals surface area contributed by atoms with E-state index < -0.39 is 17.5 Å². The molecule has 0 heterocycles. The second kappa shape index (κ2) is 5.84. The number of ketones is 2. The van der Waals surface area contributed by atoms with Crippen molar-refractivity contribution in [3.63, 3.8) is 0 Å². The van der Waals surface area contributed by atoms with E-state index in [0.29, 0.717) is 16.3 Å². The zero-order valence-electron chi connectivity index (χ0n) is 14.5. The van der Waals surface area contributed by atoms with E-state index in [0.717, 1.165) is 0 Å². The highest BCUT2D eigenvalue weighted by atomic mass is 16.5. The third kappa shape index (κ3) is 2.27. The van der Waals surface area contributed by atoms with Gasteiger partial charge in [-0.2, -0.15) is 0 Å². The minimum Gasteiger partial charge on any atom is -0.506 e. The van der Waals surface area contributed by atoms with Gasteiger partial charge in [-0.1, -0.05) is 18.2 Å². The van der Waals surface area contributed by atoms with Crippen LogP contribution >= 0.6 is 0 Å². The van der Waals surface area contributed by atoms with E-state index in [1.165, 1.54) is 0 Å². The number of Topliss-reactive ketones (excluding diaryl/α,β-unsaturated/α-hetero) is 2. The summed E-state index contributed by atoms with van der Waals surface area (Å²) in [4.78, 5) is 38.2. The molecule has 0 unspecified atom stereocenters. The van der Waals surface area contributed by atoms with Crippen LogP contribution in [0.5, 0.6) is 5.75 Å². The van der Waals surface area contributed by atoms with E-state index in [2.05, 4.69) is 0 Å². The van der Waals surface area contributed by atoms with Gasteiger partial charge in [0.2, 0.25) is 0 Å². The summed E-state index contributed by atoms with van der Waals surface area (Å²) in [7, 11) is 0. The third-order valence-electron chi connectivity index (χ3n) is 4.69. The summed E-state index contributed by atoms with van der Waals surface area (Å²) in [5.74, 6) is -1.82. The Morgan fingerprint density at radius 3 is 2.24 bits per heavy atom. The number of fused-ring (bicyclic) bond motifs is 2. The highest BCUT2D eigenvalue weighted by Gasteiger charge is 2.37. The molecule has 128 valence electrons. The van der Waals surface area contributed by atoms with Crippen molar-refractivity contribution < 1.29 is 24.2 Å². The number of phenols is 1. The van der Waals surface area contributed by atoms with Gasteiger partial charge in [-0.25, -0.2) is 4.79 Å². The monoisotopic (exact) mass is 338 g/mol. The van der Waals surface area contributed by atoms with Gasteiger partial charge < -0.3 is 9.84 Å². The Bertz CT molecular complexity index is 995. The average molecular weight is 338 g/mol. The molecule has 0 amide bonds. The summed E-state index contributed by atoms with van der Waals surface area (Å²) in [5.41, 5.74) is 1.11. The average Bonchev–Trinajstić information content (AvgIpc) is 2.57. The summed E-state index contributed by atoms with van der Waals surface area (Å²) in [6, 6.07) is 5.15. The number of ether oxygens (including phenoxy) is 1. The fraction of sp³-hybridized carbons (Fsp3) is 0.250. The molecule has 0 saturated heterocycles. The largest absolute Gasteiger partial charge is 0.506 e. The number of phenolic OH excluding ortho intramolecular Hbond substituents is 1. The quantitative estimate of drug-likeness (QED) is 0.844. The van der Waals surface area contributed by atoms with Gasteiger partial charge in [0.15, 0.2) is 11.6 Å². The first-order chi connectivity index (χ1) is 11.8. The molecule has 0 bridgehead atoms. The van der Waals surface area contributed by atoms with Gasteiger partial charge >= 0.3 is 5.97 Å². The molecule has 5 heteroatoms. The van der Waals surface area contributed by atoms with Crippen LogP contribution in [-0.4, -0.2) is 29.2 Å². The van der Waals surface area contributed by atoms with Crippen LogP contribution in [0.25, 0.3) is 10.8 Å². The van der Waals surface area contributed by atoms with Crippen LogP contribution < -0.4 is 0 Å². The van der Waals surface area contributed by atoms with Gasteiger partial charge in [-0.3, -0.25) is 9.59 Å². The highest BCUT2D eigenvalue weighted by Crippen LogP contribution is 2.42. The number of rotatable bonds is 2. The summed E-state index contributed by atoms with van der Waals surface area (Å²) < 4.78 is 5.13. The maximum Gasteiger partial charge on any atom is 0.339 e. The van der Waals surface area contributed by atoms with Gasteiger partial charge in [0, 0.05) is 21.9 Å². The number of aryl methyl sites for hydroxylation is 1. The molecule has 3 rings (SSSR count). The maximum absolute atomic E-state index is 12.9. The first-order valence-electron chi connectivity index (χ1n) is 8.03. The number of hydrogen-bond acceptors (Lipinski definition) is 5. The van der Waals surface area contributed by atoms with Crippen LogP contribution in [0, 0.1) is 6.92 Å². The summed E-state index contributed by atoms with van der Waals surface area (Å²) in [6.07, 6.45) is 0. The Balaban J connectivity index is 2.57. The molecule has 0 atom stereocenters.